The number of aromatic nitrogens is 1. The Hall–Kier alpha value is -1.62. The summed E-state index contributed by atoms with van der Waals surface area (Å²) < 4.78 is 5.56. The van der Waals surface area contributed by atoms with Crippen molar-refractivity contribution in [1.29, 1.82) is 0 Å². The fraction of sp³-hybridized carbons (Fsp3) is 0.600. The van der Waals surface area contributed by atoms with E-state index < -0.39 is 0 Å². The molecule has 1 aromatic heterocycles. The summed E-state index contributed by atoms with van der Waals surface area (Å²) >= 11 is 0. The molecule has 1 aliphatic rings. The SMILES string of the molecule is CC(Cc1ccncc1)NC(=O)N1CCCOC(C)C1. The molecule has 2 heterocycles. The minimum Gasteiger partial charge on any atom is -0.377 e. The molecule has 0 aromatic carbocycles. The second-order valence-electron chi connectivity index (χ2n) is 5.39. The molecule has 2 rings (SSSR count). The molecule has 1 saturated heterocycles. The maximum absolute atomic E-state index is 12.2. The van der Waals surface area contributed by atoms with Crippen molar-refractivity contribution in [3.8, 4) is 0 Å². The number of ether oxygens (including phenoxy) is 1. The van der Waals surface area contributed by atoms with E-state index in [4.69, 9.17) is 4.74 Å². The van der Waals surface area contributed by atoms with Crippen LogP contribution in [0.15, 0.2) is 24.5 Å². The number of urea groups is 1. The Morgan fingerprint density at radius 3 is 3.05 bits per heavy atom. The van der Waals surface area contributed by atoms with Crippen LogP contribution in [0.1, 0.15) is 25.8 Å². The molecule has 1 fully saturated rings. The van der Waals surface area contributed by atoms with Crippen molar-refractivity contribution >= 4 is 6.03 Å². The summed E-state index contributed by atoms with van der Waals surface area (Å²) in [5.74, 6) is 0. The van der Waals surface area contributed by atoms with Crippen LogP contribution >= 0.6 is 0 Å². The number of amides is 2. The quantitative estimate of drug-likeness (QED) is 0.917. The van der Waals surface area contributed by atoms with Gasteiger partial charge >= 0.3 is 6.03 Å². The van der Waals surface area contributed by atoms with Crippen molar-refractivity contribution < 1.29 is 9.53 Å². The second-order valence-corrected chi connectivity index (χ2v) is 5.39. The molecule has 0 bridgehead atoms. The Bertz CT molecular complexity index is 424. The van der Waals surface area contributed by atoms with E-state index in [1.165, 1.54) is 5.56 Å². The van der Waals surface area contributed by atoms with Crippen LogP contribution in [0, 0.1) is 0 Å². The first kappa shape index (κ1) is 14.8. The lowest BCUT2D eigenvalue weighted by molar-refractivity contribution is 0.0709. The number of nitrogens with one attached hydrogen (secondary N) is 1. The third-order valence-electron chi connectivity index (χ3n) is 3.40. The van der Waals surface area contributed by atoms with E-state index in [1.807, 2.05) is 30.9 Å². The summed E-state index contributed by atoms with van der Waals surface area (Å²) in [5.41, 5.74) is 1.18. The Morgan fingerprint density at radius 1 is 1.55 bits per heavy atom. The van der Waals surface area contributed by atoms with Crippen molar-refractivity contribution in [2.75, 3.05) is 19.7 Å². The topological polar surface area (TPSA) is 54.5 Å². The lowest BCUT2D eigenvalue weighted by Crippen LogP contribution is -2.46. The molecule has 1 aromatic rings. The van der Waals surface area contributed by atoms with Crippen LogP contribution in [0.2, 0.25) is 0 Å². The summed E-state index contributed by atoms with van der Waals surface area (Å²) in [6.07, 6.45) is 5.37. The summed E-state index contributed by atoms with van der Waals surface area (Å²) in [7, 11) is 0. The minimum absolute atomic E-state index is 0.00362. The van der Waals surface area contributed by atoms with Gasteiger partial charge in [-0.05, 0) is 44.4 Å². The van der Waals surface area contributed by atoms with Crippen LogP contribution in [0.3, 0.4) is 0 Å². The van der Waals surface area contributed by atoms with Gasteiger partial charge in [-0.2, -0.15) is 0 Å². The van der Waals surface area contributed by atoms with Gasteiger partial charge in [0.1, 0.15) is 0 Å². The van der Waals surface area contributed by atoms with Crippen LogP contribution in [0.4, 0.5) is 4.79 Å². The maximum Gasteiger partial charge on any atom is 0.317 e. The third kappa shape index (κ3) is 4.49. The molecule has 5 heteroatoms. The molecule has 1 aliphatic heterocycles. The Labute approximate surface area is 120 Å². The zero-order chi connectivity index (χ0) is 14.4. The summed E-state index contributed by atoms with van der Waals surface area (Å²) in [6, 6.07) is 4.06. The molecule has 0 spiro atoms. The normalized spacial score (nSPS) is 21.1. The van der Waals surface area contributed by atoms with Crippen molar-refractivity contribution in [3.63, 3.8) is 0 Å². The van der Waals surface area contributed by atoms with Gasteiger partial charge in [-0.1, -0.05) is 0 Å². The van der Waals surface area contributed by atoms with Gasteiger partial charge in [0.05, 0.1) is 6.10 Å². The second kappa shape index (κ2) is 7.24. The van der Waals surface area contributed by atoms with Crippen molar-refractivity contribution in [1.82, 2.24) is 15.2 Å². The molecule has 0 saturated carbocycles. The molecule has 110 valence electrons. The van der Waals surface area contributed by atoms with E-state index in [0.717, 1.165) is 26.0 Å². The van der Waals surface area contributed by atoms with Gasteiger partial charge in [0, 0.05) is 38.1 Å². The van der Waals surface area contributed by atoms with E-state index in [0.29, 0.717) is 6.54 Å². The predicted molar refractivity (Wildman–Crippen MR) is 77.5 cm³/mol. The molecule has 2 unspecified atom stereocenters. The molecule has 5 nitrogen and oxygen atoms in total. The number of nitrogens with zero attached hydrogens (tertiary/aromatic N) is 2. The fourth-order valence-electron chi connectivity index (χ4n) is 2.40. The summed E-state index contributed by atoms with van der Waals surface area (Å²) in [6.45, 7) is 6.19. The van der Waals surface area contributed by atoms with Crippen LogP contribution in [0.5, 0.6) is 0 Å². The zero-order valence-corrected chi connectivity index (χ0v) is 12.2. The largest absolute Gasteiger partial charge is 0.377 e. The van der Waals surface area contributed by atoms with Crippen LogP contribution in [-0.2, 0) is 11.2 Å². The number of pyridine rings is 1. The lowest BCUT2D eigenvalue weighted by Gasteiger charge is -2.25. The maximum atomic E-state index is 12.2. The smallest absolute Gasteiger partial charge is 0.317 e. The molecule has 0 radical (unpaired) electrons. The average Bonchev–Trinajstić information content (AvgIpc) is 2.64. The van der Waals surface area contributed by atoms with Crippen molar-refractivity contribution in [2.24, 2.45) is 0 Å². The van der Waals surface area contributed by atoms with Crippen LogP contribution in [-0.4, -0.2) is 47.8 Å². The van der Waals surface area contributed by atoms with Gasteiger partial charge in [0.2, 0.25) is 0 Å². The molecular weight excluding hydrogens is 254 g/mol. The molecular formula is C15H23N3O2. The van der Waals surface area contributed by atoms with Crippen molar-refractivity contribution in [2.45, 2.75) is 38.8 Å². The molecule has 0 aliphatic carbocycles. The Kier molecular flexibility index (Phi) is 5.35. The number of carbonyl (C=O) groups is 1. The zero-order valence-electron chi connectivity index (χ0n) is 12.2. The first-order valence-electron chi connectivity index (χ1n) is 7.21. The standard InChI is InChI=1S/C15H23N3O2/c1-12(10-14-4-6-16-7-5-14)17-15(19)18-8-3-9-20-13(2)11-18/h4-7,12-13H,3,8-11H2,1-2H3,(H,17,19). The molecule has 20 heavy (non-hydrogen) atoms. The van der Waals surface area contributed by atoms with Gasteiger partial charge < -0.3 is 15.0 Å². The molecule has 2 amide bonds. The minimum atomic E-state index is 0.00362. The average molecular weight is 277 g/mol. The molecule has 2 atom stereocenters. The lowest BCUT2D eigenvalue weighted by atomic mass is 10.1. The highest BCUT2D eigenvalue weighted by Gasteiger charge is 2.20. The van der Waals surface area contributed by atoms with Crippen LogP contribution < -0.4 is 5.32 Å². The van der Waals surface area contributed by atoms with E-state index >= 15 is 0 Å². The Balaban J connectivity index is 1.83. The number of rotatable bonds is 3. The fourth-order valence-corrected chi connectivity index (χ4v) is 2.40. The number of hydrogen-bond acceptors (Lipinski definition) is 3. The van der Waals surface area contributed by atoms with Gasteiger partial charge in [-0.25, -0.2) is 4.79 Å². The molecule has 1 N–H and O–H groups in total. The first-order valence-corrected chi connectivity index (χ1v) is 7.21. The van der Waals surface area contributed by atoms with E-state index in [1.54, 1.807) is 12.4 Å². The highest BCUT2D eigenvalue weighted by Crippen LogP contribution is 2.07. The van der Waals surface area contributed by atoms with Crippen molar-refractivity contribution in [3.05, 3.63) is 30.1 Å². The third-order valence-corrected chi connectivity index (χ3v) is 3.40. The number of hydrogen-bond donors (Lipinski definition) is 1. The number of carbonyl (C=O) groups excluding carboxylic acids is 1. The van der Waals surface area contributed by atoms with E-state index in [-0.39, 0.29) is 18.2 Å². The van der Waals surface area contributed by atoms with E-state index in [9.17, 15) is 4.79 Å². The van der Waals surface area contributed by atoms with E-state index in [2.05, 4.69) is 10.3 Å². The Morgan fingerprint density at radius 2 is 2.30 bits per heavy atom. The van der Waals surface area contributed by atoms with Gasteiger partial charge in [0.15, 0.2) is 0 Å². The van der Waals surface area contributed by atoms with Crippen LogP contribution in [0.25, 0.3) is 0 Å². The first-order chi connectivity index (χ1) is 9.65. The van der Waals surface area contributed by atoms with Gasteiger partial charge in [0.25, 0.3) is 0 Å². The predicted octanol–water partition coefficient (Wildman–Crippen LogP) is 1.83. The highest BCUT2D eigenvalue weighted by molar-refractivity contribution is 5.74. The van der Waals surface area contributed by atoms with Gasteiger partial charge in [-0.15, -0.1) is 0 Å². The monoisotopic (exact) mass is 277 g/mol. The van der Waals surface area contributed by atoms with Gasteiger partial charge in [-0.3, -0.25) is 4.98 Å². The summed E-state index contributed by atoms with van der Waals surface area (Å²) in [4.78, 5) is 18.1. The highest BCUT2D eigenvalue weighted by atomic mass is 16.5. The summed E-state index contributed by atoms with van der Waals surface area (Å²) in [5, 5.41) is 3.06.